The quantitative estimate of drug-likeness (QED) is 0.451. The predicted molar refractivity (Wildman–Crippen MR) is 130 cm³/mol. The summed E-state index contributed by atoms with van der Waals surface area (Å²) in [7, 11) is -3.37. The molecular formula is C23H24N6O3S. The Hall–Kier alpha value is -3.63. The van der Waals surface area contributed by atoms with Gasteiger partial charge in [-0.3, -0.25) is 4.72 Å². The maximum atomic E-state index is 11.6. The van der Waals surface area contributed by atoms with Crippen molar-refractivity contribution < 1.29 is 13.2 Å². The van der Waals surface area contributed by atoms with Crippen LogP contribution in [-0.2, 0) is 14.8 Å². The molecule has 2 N–H and O–H groups in total. The fraction of sp³-hybridized carbons (Fsp3) is 0.217. The number of nitrogens with one attached hydrogen (secondary N) is 2. The molecular weight excluding hydrogens is 440 g/mol. The summed E-state index contributed by atoms with van der Waals surface area (Å²) in [5.41, 5.74) is 4.70. The number of hydrogen-bond donors (Lipinski definition) is 2. The monoisotopic (exact) mass is 464 g/mol. The molecule has 10 heteroatoms. The summed E-state index contributed by atoms with van der Waals surface area (Å²) in [6.07, 6.45) is 6.57. The van der Waals surface area contributed by atoms with Gasteiger partial charge in [0.05, 0.1) is 25.2 Å². The van der Waals surface area contributed by atoms with Crippen molar-refractivity contribution in [3.05, 3.63) is 67.1 Å². The highest BCUT2D eigenvalue weighted by atomic mass is 32.2. The minimum Gasteiger partial charge on any atom is -0.378 e. The Morgan fingerprint density at radius 3 is 2.58 bits per heavy atom. The van der Waals surface area contributed by atoms with Crippen LogP contribution >= 0.6 is 0 Å². The molecule has 2 aromatic heterocycles. The number of fused-ring (bicyclic) bond motifs is 1. The topological polar surface area (TPSA) is 101 Å². The van der Waals surface area contributed by atoms with Crippen LogP contribution in [0.5, 0.6) is 0 Å². The van der Waals surface area contributed by atoms with Crippen LogP contribution in [0.25, 0.3) is 16.9 Å². The van der Waals surface area contributed by atoms with Gasteiger partial charge in [0.1, 0.15) is 0 Å². The molecule has 1 aliphatic rings. The largest absolute Gasteiger partial charge is 0.378 e. The molecule has 0 radical (unpaired) electrons. The van der Waals surface area contributed by atoms with Gasteiger partial charge in [-0.2, -0.15) is 0 Å². The minimum absolute atomic E-state index is 0.482. The van der Waals surface area contributed by atoms with Gasteiger partial charge in [0.2, 0.25) is 10.0 Å². The van der Waals surface area contributed by atoms with Gasteiger partial charge in [-0.15, -0.1) is 0 Å². The number of imidazole rings is 1. The Balaban J connectivity index is 1.45. The van der Waals surface area contributed by atoms with E-state index in [9.17, 15) is 8.42 Å². The van der Waals surface area contributed by atoms with Crippen LogP contribution in [0.15, 0.2) is 67.1 Å². The van der Waals surface area contributed by atoms with E-state index in [1.54, 1.807) is 24.4 Å². The summed E-state index contributed by atoms with van der Waals surface area (Å²) >= 11 is 0. The van der Waals surface area contributed by atoms with Gasteiger partial charge in [0, 0.05) is 54.3 Å². The molecule has 5 rings (SSSR count). The molecule has 0 unspecified atom stereocenters. The summed E-state index contributed by atoms with van der Waals surface area (Å²) < 4.78 is 33.1. The molecule has 170 valence electrons. The van der Waals surface area contributed by atoms with Crippen molar-refractivity contribution in [2.45, 2.75) is 0 Å². The Labute approximate surface area is 192 Å². The van der Waals surface area contributed by atoms with E-state index in [1.807, 2.05) is 35.0 Å². The third kappa shape index (κ3) is 4.91. The lowest BCUT2D eigenvalue weighted by Crippen LogP contribution is -2.36. The van der Waals surface area contributed by atoms with Gasteiger partial charge < -0.3 is 19.4 Å². The van der Waals surface area contributed by atoms with Crippen molar-refractivity contribution in [2.24, 2.45) is 0 Å². The van der Waals surface area contributed by atoms with Crippen LogP contribution in [0.4, 0.5) is 22.9 Å². The molecule has 4 aromatic rings. The molecule has 1 aliphatic heterocycles. The lowest BCUT2D eigenvalue weighted by Gasteiger charge is -2.28. The number of hydrogen-bond acceptors (Lipinski definition) is 7. The summed E-state index contributed by atoms with van der Waals surface area (Å²) in [6, 6.07) is 15.4. The van der Waals surface area contributed by atoms with Crippen molar-refractivity contribution in [3.8, 4) is 11.3 Å². The zero-order valence-electron chi connectivity index (χ0n) is 18.1. The van der Waals surface area contributed by atoms with E-state index in [1.165, 1.54) is 0 Å². The number of morpholine rings is 1. The van der Waals surface area contributed by atoms with E-state index in [4.69, 9.17) is 9.72 Å². The number of rotatable bonds is 6. The molecule has 9 nitrogen and oxygen atoms in total. The Bertz CT molecular complexity index is 1380. The fourth-order valence-corrected chi connectivity index (χ4v) is 4.38. The number of anilines is 4. The van der Waals surface area contributed by atoms with Crippen molar-refractivity contribution in [3.63, 3.8) is 0 Å². The number of benzene rings is 2. The van der Waals surface area contributed by atoms with E-state index in [2.05, 4.69) is 32.1 Å². The van der Waals surface area contributed by atoms with Crippen LogP contribution in [0.1, 0.15) is 0 Å². The second kappa shape index (κ2) is 8.72. The van der Waals surface area contributed by atoms with Gasteiger partial charge in [-0.05, 0) is 36.4 Å². The van der Waals surface area contributed by atoms with Gasteiger partial charge >= 0.3 is 0 Å². The van der Waals surface area contributed by atoms with Crippen molar-refractivity contribution in [2.75, 3.05) is 47.5 Å². The van der Waals surface area contributed by atoms with Crippen LogP contribution in [0, 0.1) is 0 Å². The molecule has 1 saturated heterocycles. The van der Waals surface area contributed by atoms with E-state index in [0.717, 1.165) is 49.5 Å². The summed E-state index contributed by atoms with van der Waals surface area (Å²) in [4.78, 5) is 11.5. The first-order valence-corrected chi connectivity index (χ1v) is 12.5. The first-order chi connectivity index (χ1) is 15.9. The predicted octanol–water partition coefficient (Wildman–Crippen LogP) is 3.35. The van der Waals surface area contributed by atoms with Gasteiger partial charge in [-0.25, -0.2) is 18.4 Å². The average molecular weight is 465 g/mol. The second-order valence-electron chi connectivity index (χ2n) is 7.86. The molecule has 33 heavy (non-hydrogen) atoms. The van der Waals surface area contributed by atoms with E-state index < -0.39 is 10.0 Å². The van der Waals surface area contributed by atoms with Gasteiger partial charge in [-0.1, -0.05) is 12.1 Å². The highest BCUT2D eigenvalue weighted by molar-refractivity contribution is 7.92. The highest BCUT2D eigenvalue weighted by Gasteiger charge is 2.13. The third-order valence-electron chi connectivity index (χ3n) is 5.34. The molecule has 0 saturated carbocycles. The van der Waals surface area contributed by atoms with Crippen LogP contribution in [0.2, 0.25) is 0 Å². The second-order valence-corrected chi connectivity index (χ2v) is 9.61. The normalized spacial score (nSPS) is 14.4. The molecule has 3 heterocycles. The number of nitrogens with zero attached hydrogens (tertiary/aromatic N) is 4. The third-order valence-corrected chi connectivity index (χ3v) is 5.95. The van der Waals surface area contributed by atoms with Gasteiger partial charge in [0.25, 0.3) is 0 Å². The summed E-state index contributed by atoms with van der Waals surface area (Å²) in [5.74, 6) is 0.609. The van der Waals surface area contributed by atoms with Crippen LogP contribution in [0.3, 0.4) is 0 Å². The maximum absolute atomic E-state index is 11.6. The number of sulfonamides is 1. The van der Waals surface area contributed by atoms with E-state index in [0.29, 0.717) is 22.8 Å². The summed E-state index contributed by atoms with van der Waals surface area (Å²) in [5, 5.41) is 3.38. The molecule has 0 spiro atoms. The van der Waals surface area contributed by atoms with Crippen molar-refractivity contribution in [1.29, 1.82) is 0 Å². The van der Waals surface area contributed by atoms with Crippen molar-refractivity contribution >= 4 is 38.6 Å². The molecule has 1 fully saturated rings. The Morgan fingerprint density at radius 2 is 1.82 bits per heavy atom. The Morgan fingerprint density at radius 1 is 1.03 bits per heavy atom. The van der Waals surface area contributed by atoms with Crippen molar-refractivity contribution in [1.82, 2.24) is 14.4 Å². The zero-order chi connectivity index (χ0) is 22.8. The zero-order valence-corrected chi connectivity index (χ0v) is 18.9. The Kier molecular flexibility index (Phi) is 5.61. The van der Waals surface area contributed by atoms with Crippen LogP contribution in [-0.4, -0.2) is 55.3 Å². The molecule has 0 aliphatic carbocycles. The first kappa shape index (κ1) is 21.2. The van der Waals surface area contributed by atoms with E-state index >= 15 is 0 Å². The smallest absolute Gasteiger partial charge is 0.229 e. The van der Waals surface area contributed by atoms with Gasteiger partial charge in [0.15, 0.2) is 11.5 Å². The maximum Gasteiger partial charge on any atom is 0.229 e. The average Bonchev–Trinajstić information content (AvgIpc) is 3.28. The fourth-order valence-electron chi connectivity index (χ4n) is 3.82. The lowest BCUT2D eigenvalue weighted by atomic mass is 10.1. The minimum atomic E-state index is -3.37. The SMILES string of the molecule is CS(=O)(=O)Nc1cccc(-c2cn3ccnc3c(Nc3ccc(N4CCOCC4)cc3)n2)c1. The standard InChI is InChI=1S/C23H24N6O3S/c1-33(30,31)27-19-4-2-3-17(15-19)21-16-29-10-9-24-23(29)22(26-21)25-18-5-7-20(8-6-18)28-11-13-32-14-12-28/h2-10,15-16,27H,11-14H2,1H3,(H,25,26). The summed E-state index contributed by atoms with van der Waals surface area (Å²) in [6.45, 7) is 3.27. The first-order valence-electron chi connectivity index (χ1n) is 10.6. The molecule has 2 aromatic carbocycles. The number of ether oxygens (including phenoxy) is 1. The molecule has 0 atom stereocenters. The highest BCUT2D eigenvalue weighted by Crippen LogP contribution is 2.27. The number of aromatic nitrogens is 3. The van der Waals surface area contributed by atoms with Crippen LogP contribution < -0.4 is 14.9 Å². The molecule has 0 amide bonds. The lowest BCUT2D eigenvalue weighted by molar-refractivity contribution is 0.122. The van der Waals surface area contributed by atoms with E-state index in [-0.39, 0.29) is 0 Å². The molecule has 0 bridgehead atoms.